The van der Waals surface area contributed by atoms with Crippen LogP contribution < -0.4 is 4.90 Å². The number of urea groups is 1. The Hall–Kier alpha value is -1.88. The van der Waals surface area contributed by atoms with Gasteiger partial charge in [-0.2, -0.15) is 0 Å². The maximum atomic E-state index is 12.4. The summed E-state index contributed by atoms with van der Waals surface area (Å²) in [5.41, 5.74) is 1.98. The number of halogens is 1. The van der Waals surface area contributed by atoms with Crippen LogP contribution in [0.4, 0.5) is 10.5 Å². The summed E-state index contributed by atoms with van der Waals surface area (Å²) in [6.45, 7) is 2.08. The van der Waals surface area contributed by atoms with E-state index in [-0.39, 0.29) is 6.03 Å². The van der Waals surface area contributed by atoms with Crippen LogP contribution in [-0.4, -0.2) is 29.0 Å². The highest BCUT2D eigenvalue weighted by atomic mass is 79.9. The first-order chi connectivity index (χ1) is 9.74. The molecule has 102 valence electrons. The van der Waals surface area contributed by atoms with Crippen molar-refractivity contribution in [1.29, 1.82) is 0 Å². The maximum Gasteiger partial charge on any atom is 0.324 e. The van der Waals surface area contributed by atoms with E-state index in [9.17, 15) is 4.79 Å². The molecule has 0 aliphatic carbocycles. The zero-order chi connectivity index (χ0) is 13.9. The molecule has 0 unspecified atom stereocenters. The second-order valence-electron chi connectivity index (χ2n) is 4.70. The molecule has 20 heavy (non-hydrogen) atoms. The lowest BCUT2D eigenvalue weighted by molar-refractivity contribution is 0.219. The topological polar surface area (TPSA) is 36.4 Å². The van der Waals surface area contributed by atoms with Gasteiger partial charge >= 0.3 is 6.03 Å². The van der Waals surface area contributed by atoms with E-state index in [1.165, 1.54) is 0 Å². The second-order valence-corrected chi connectivity index (χ2v) is 5.62. The molecule has 5 heteroatoms. The second kappa shape index (κ2) is 5.63. The molecule has 2 aromatic rings. The number of anilines is 1. The highest BCUT2D eigenvalue weighted by molar-refractivity contribution is 9.10. The fraction of sp³-hybridized carbons (Fsp3) is 0.200. The van der Waals surface area contributed by atoms with Crippen molar-refractivity contribution in [2.24, 2.45) is 0 Å². The van der Waals surface area contributed by atoms with E-state index in [1.54, 1.807) is 17.3 Å². The van der Waals surface area contributed by atoms with Crippen molar-refractivity contribution in [1.82, 2.24) is 9.88 Å². The maximum absolute atomic E-state index is 12.4. The van der Waals surface area contributed by atoms with Crippen LogP contribution >= 0.6 is 15.9 Å². The summed E-state index contributed by atoms with van der Waals surface area (Å²) in [5.74, 6) is 0. The monoisotopic (exact) mass is 331 g/mol. The molecule has 0 N–H and O–H groups in total. The number of carbonyl (C=O) groups excluding carboxylic acids is 1. The number of aromatic nitrogens is 1. The zero-order valence-corrected chi connectivity index (χ0v) is 12.5. The first kappa shape index (κ1) is 13.1. The smallest absolute Gasteiger partial charge is 0.318 e. The molecule has 1 aliphatic heterocycles. The fourth-order valence-corrected chi connectivity index (χ4v) is 2.67. The summed E-state index contributed by atoms with van der Waals surface area (Å²) in [6, 6.07) is 12.0. The summed E-state index contributed by atoms with van der Waals surface area (Å²) in [4.78, 5) is 20.2. The first-order valence-electron chi connectivity index (χ1n) is 6.45. The average Bonchev–Trinajstić information content (AvgIpc) is 2.81. The van der Waals surface area contributed by atoms with Gasteiger partial charge in [-0.05, 0) is 27.6 Å². The summed E-state index contributed by atoms with van der Waals surface area (Å²) >= 11 is 3.38. The molecular weight excluding hydrogens is 318 g/mol. The molecule has 1 fully saturated rings. The Kier molecular flexibility index (Phi) is 3.69. The van der Waals surface area contributed by atoms with Gasteiger partial charge in [-0.1, -0.05) is 30.3 Å². The molecule has 0 bridgehead atoms. The summed E-state index contributed by atoms with van der Waals surface area (Å²) < 4.78 is 0.879. The molecule has 1 aromatic carbocycles. The van der Waals surface area contributed by atoms with Gasteiger partial charge in [0.2, 0.25) is 0 Å². The van der Waals surface area contributed by atoms with Crippen LogP contribution in [-0.2, 0) is 6.54 Å². The molecule has 0 spiro atoms. The number of pyridine rings is 1. The molecule has 2 amide bonds. The van der Waals surface area contributed by atoms with Gasteiger partial charge in [-0.25, -0.2) is 4.79 Å². The first-order valence-corrected chi connectivity index (χ1v) is 7.24. The van der Waals surface area contributed by atoms with Crippen molar-refractivity contribution in [2.75, 3.05) is 18.0 Å². The minimum Gasteiger partial charge on any atom is -0.318 e. The Morgan fingerprint density at radius 1 is 1.15 bits per heavy atom. The van der Waals surface area contributed by atoms with Crippen LogP contribution in [0, 0.1) is 0 Å². The molecule has 4 nitrogen and oxygen atoms in total. The van der Waals surface area contributed by atoms with Crippen LogP contribution in [0.5, 0.6) is 0 Å². The highest BCUT2D eigenvalue weighted by Crippen LogP contribution is 2.23. The van der Waals surface area contributed by atoms with Gasteiger partial charge in [-0.3, -0.25) is 9.88 Å². The lowest BCUT2D eigenvalue weighted by Gasteiger charge is -2.18. The lowest BCUT2D eigenvalue weighted by atomic mass is 10.2. The number of hydrogen-bond donors (Lipinski definition) is 0. The van der Waals surface area contributed by atoms with Crippen molar-refractivity contribution in [3.63, 3.8) is 0 Å². The predicted molar refractivity (Wildman–Crippen MR) is 81.5 cm³/mol. The predicted octanol–water partition coefficient (Wildman–Crippen LogP) is 3.29. The Balaban J connectivity index is 1.74. The van der Waals surface area contributed by atoms with Crippen LogP contribution in [0.3, 0.4) is 0 Å². The zero-order valence-electron chi connectivity index (χ0n) is 10.9. The molecule has 1 aliphatic rings. The van der Waals surface area contributed by atoms with E-state index < -0.39 is 0 Å². The van der Waals surface area contributed by atoms with Gasteiger partial charge in [0.1, 0.15) is 0 Å². The lowest BCUT2D eigenvalue weighted by Crippen LogP contribution is -2.31. The summed E-state index contributed by atoms with van der Waals surface area (Å²) in [5, 5.41) is 0. The van der Waals surface area contributed by atoms with Crippen molar-refractivity contribution in [3.05, 3.63) is 58.8 Å². The number of carbonyl (C=O) groups is 1. The largest absolute Gasteiger partial charge is 0.324 e. The van der Waals surface area contributed by atoms with E-state index in [2.05, 4.69) is 20.9 Å². The molecular formula is C15H14BrN3O. The van der Waals surface area contributed by atoms with Gasteiger partial charge in [0, 0.05) is 30.3 Å². The van der Waals surface area contributed by atoms with Crippen molar-refractivity contribution >= 4 is 27.6 Å². The Labute approximate surface area is 126 Å². The van der Waals surface area contributed by atoms with Gasteiger partial charge in [-0.15, -0.1) is 0 Å². The van der Waals surface area contributed by atoms with E-state index in [4.69, 9.17) is 0 Å². The normalized spacial score (nSPS) is 14.9. The quantitative estimate of drug-likeness (QED) is 0.865. The summed E-state index contributed by atoms with van der Waals surface area (Å²) in [7, 11) is 0. The molecule has 0 saturated carbocycles. The SMILES string of the molecule is O=C1N(Cc2ccccc2)CCN1c1cncc(Br)c1. The number of amides is 2. The van der Waals surface area contributed by atoms with Crippen LogP contribution in [0.2, 0.25) is 0 Å². The summed E-state index contributed by atoms with van der Waals surface area (Å²) in [6.07, 6.45) is 3.43. The third kappa shape index (κ3) is 2.67. The van der Waals surface area contributed by atoms with Crippen LogP contribution in [0.25, 0.3) is 0 Å². The third-order valence-electron chi connectivity index (χ3n) is 3.31. The Morgan fingerprint density at radius 3 is 2.70 bits per heavy atom. The molecule has 0 atom stereocenters. The van der Waals surface area contributed by atoms with E-state index in [0.717, 1.165) is 22.3 Å². The van der Waals surface area contributed by atoms with Crippen molar-refractivity contribution in [3.8, 4) is 0 Å². The van der Waals surface area contributed by atoms with Crippen LogP contribution in [0.1, 0.15) is 5.56 Å². The average molecular weight is 332 g/mol. The van der Waals surface area contributed by atoms with Crippen LogP contribution in [0.15, 0.2) is 53.3 Å². The molecule has 1 saturated heterocycles. The fourth-order valence-electron chi connectivity index (χ4n) is 2.32. The number of rotatable bonds is 3. The number of nitrogens with zero attached hydrogens (tertiary/aromatic N) is 3. The molecule has 3 rings (SSSR count). The Morgan fingerprint density at radius 2 is 1.95 bits per heavy atom. The standard InChI is InChI=1S/C15H14BrN3O/c16-13-8-14(10-17-9-13)19-7-6-18(15(19)20)11-12-4-2-1-3-5-12/h1-5,8-10H,6-7,11H2. The van der Waals surface area contributed by atoms with E-state index >= 15 is 0 Å². The van der Waals surface area contributed by atoms with Crippen molar-refractivity contribution < 1.29 is 4.79 Å². The third-order valence-corrected chi connectivity index (χ3v) is 3.75. The van der Waals surface area contributed by atoms with Crippen molar-refractivity contribution in [2.45, 2.75) is 6.54 Å². The molecule has 1 aromatic heterocycles. The minimum atomic E-state index is 0.0359. The number of hydrogen-bond acceptors (Lipinski definition) is 2. The highest BCUT2D eigenvalue weighted by Gasteiger charge is 2.29. The number of benzene rings is 1. The van der Waals surface area contributed by atoms with E-state index in [1.807, 2.05) is 41.3 Å². The minimum absolute atomic E-state index is 0.0359. The molecule has 0 radical (unpaired) electrons. The van der Waals surface area contributed by atoms with Gasteiger partial charge in [0.05, 0.1) is 11.9 Å². The molecule has 2 heterocycles. The van der Waals surface area contributed by atoms with Gasteiger partial charge < -0.3 is 4.90 Å². The van der Waals surface area contributed by atoms with Gasteiger partial charge in [0.15, 0.2) is 0 Å². The van der Waals surface area contributed by atoms with E-state index in [0.29, 0.717) is 13.1 Å². The Bertz CT molecular complexity index is 618. The van der Waals surface area contributed by atoms with Gasteiger partial charge in [0.25, 0.3) is 0 Å².